The average Bonchev–Trinajstić information content (AvgIpc) is 3.50. The molecule has 0 unspecified atom stereocenters. The third-order valence-corrected chi connectivity index (χ3v) is 7.92. The standard InChI is InChI=1S/C29H30FN3O6/c1-5-29(37)19-9-22-24-17(12-33(22)25(34)18(19)13-38-26(29)35)16(11-31-27(36)39-28(2,3)4)23-15-8-6-7-14(15)20(30)10-21(23)32-24/h9-10,37H,5-8,11-13H2,1-4H3,(H,31,36)/t29-/m0/s1. The SMILES string of the molecule is CC[C@@]1(O)C(=O)OCc2c1cc1n(c2=O)Cc2c-1nc1cc(F)c3c(c1c2CNC(=O)OC(C)(C)C)CCC3. The number of aromatic nitrogens is 2. The van der Waals surface area contributed by atoms with E-state index in [0.29, 0.717) is 35.3 Å². The van der Waals surface area contributed by atoms with Gasteiger partial charge < -0.3 is 24.5 Å². The molecule has 0 spiro atoms. The molecule has 3 aromatic rings. The maximum atomic E-state index is 15.1. The van der Waals surface area contributed by atoms with Gasteiger partial charge in [0, 0.05) is 29.1 Å². The van der Waals surface area contributed by atoms with Gasteiger partial charge >= 0.3 is 12.1 Å². The number of rotatable bonds is 3. The number of ether oxygens (including phenoxy) is 2. The van der Waals surface area contributed by atoms with Crippen LogP contribution in [0, 0.1) is 5.82 Å². The fourth-order valence-corrected chi connectivity index (χ4v) is 6.09. The van der Waals surface area contributed by atoms with Crippen molar-refractivity contribution in [3.63, 3.8) is 0 Å². The second-order valence-corrected chi connectivity index (χ2v) is 11.4. The molecule has 204 valence electrons. The second-order valence-electron chi connectivity index (χ2n) is 11.4. The van der Waals surface area contributed by atoms with Crippen LogP contribution in [0.5, 0.6) is 0 Å². The number of carbonyl (C=O) groups excluding carboxylic acids is 2. The van der Waals surface area contributed by atoms with Gasteiger partial charge in [-0.3, -0.25) is 4.79 Å². The molecule has 2 aliphatic heterocycles. The van der Waals surface area contributed by atoms with Gasteiger partial charge in [-0.25, -0.2) is 19.0 Å². The monoisotopic (exact) mass is 535 g/mol. The van der Waals surface area contributed by atoms with Crippen molar-refractivity contribution in [1.29, 1.82) is 0 Å². The Balaban J connectivity index is 1.57. The molecule has 6 rings (SSSR count). The Hall–Kier alpha value is -3.79. The van der Waals surface area contributed by atoms with E-state index in [-0.39, 0.29) is 48.6 Å². The van der Waals surface area contributed by atoms with Crippen molar-refractivity contribution in [2.45, 2.75) is 84.3 Å². The van der Waals surface area contributed by atoms with Gasteiger partial charge in [-0.15, -0.1) is 0 Å². The van der Waals surface area contributed by atoms with Crippen LogP contribution in [-0.2, 0) is 52.4 Å². The number of aryl methyl sites for hydroxylation is 1. The zero-order valence-corrected chi connectivity index (χ0v) is 22.4. The molecule has 0 fully saturated rings. The maximum absolute atomic E-state index is 15.1. The lowest BCUT2D eigenvalue weighted by molar-refractivity contribution is -0.172. The number of hydrogen-bond donors (Lipinski definition) is 2. The summed E-state index contributed by atoms with van der Waals surface area (Å²) in [4.78, 5) is 43.6. The summed E-state index contributed by atoms with van der Waals surface area (Å²) in [7, 11) is 0. The number of halogens is 1. The highest BCUT2D eigenvalue weighted by Gasteiger charge is 2.45. The number of hydrogen-bond acceptors (Lipinski definition) is 7. The molecule has 9 nitrogen and oxygen atoms in total. The zero-order valence-electron chi connectivity index (χ0n) is 22.4. The molecular formula is C29H30FN3O6. The Kier molecular flexibility index (Phi) is 5.62. The molecule has 3 aliphatic rings. The number of fused-ring (bicyclic) bond motifs is 7. The molecule has 1 atom stereocenters. The molecule has 1 amide bonds. The number of esters is 1. The lowest BCUT2D eigenvalue weighted by Crippen LogP contribution is -2.44. The smallest absolute Gasteiger partial charge is 0.407 e. The van der Waals surface area contributed by atoms with E-state index < -0.39 is 23.3 Å². The number of benzene rings is 1. The Morgan fingerprint density at radius 3 is 2.67 bits per heavy atom. The van der Waals surface area contributed by atoms with Crippen LogP contribution in [0.15, 0.2) is 16.9 Å². The highest BCUT2D eigenvalue weighted by atomic mass is 19.1. The molecule has 1 aromatic carbocycles. The van der Waals surface area contributed by atoms with Crippen LogP contribution in [-0.4, -0.2) is 32.3 Å². The van der Waals surface area contributed by atoms with Gasteiger partial charge in [0.1, 0.15) is 18.0 Å². The van der Waals surface area contributed by atoms with Crippen molar-refractivity contribution < 1.29 is 28.6 Å². The van der Waals surface area contributed by atoms with Gasteiger partial charge in [0.2, 0.25) is 0 Å². The highest BCUT2D eigenvalue weighted by Crippen LogP contribution is 2.42. The van der Waals surface area contributed by atoms with Crippen molar-refractivity contribution in [3.8, 4) is 11.4 Å². The maximum Gasteiger partial charge on any atom is 0.407 e. The number of amides is 1. The quantitative estimate of drug-likeness (QED) is 0.384. The average molecular weight is 536 g/mol. The number of nitrogens with zero attached hydrogens (tertiary/aromatic N) is 2. The van der Waals surface area contributed by atoms with Crippen LogP contribution in [0.1, 0.15) is 73.9 Å². The summed E-state index contributed by atoms with van der Waals surface area (Å²) in [5.74, 6) is -1.12. The number of carbonyl (C=O) groups is 2. The van der Waals surface area contributed by atoms with E-state index in [1.165, 1.54) is 10.6 Å². The van der Waals surface area contributed by atoms with Gasteiger partial charge in [-0.2, -0.15) is 0 Å². The van der Waals surface area contributed by atoms with Crippen LogP contribution in [0.2, 0.25) is 0 Å². The summed E-state index contributed by atoms with van der Waals surface area (Å²) < 4.78 is 27.3. The number of alkyl carbamates (subject to hydrolysis) is 1. The molecule has 4 heterocycles. The summed E-state index contributed by atoms with van der Waals surface area (Å²) in [6.07, 6.45) is 1.57. The third-order valence-electron chi connectivity index (χ3n) is 7.92. The number of cyclic esters (lactones) is 1. The van der Waals surface area contributed by atoms with Crippen molar-refractivity contribution in [1.82, 2.24) is 14.9 Å². The van der Waals surface area contributed by atoms with E-state index in [1.807, 2.05) is 0 Å². The fourth-order valence-electron chi connectivity index (χ4n) is 6.09. The van der Waals surface area contributed by atoms with E-state index in [0.717, 1.165) is 28.5 Å². The first-order valence-corrected chi connectivity index (χ1v) is 13.2. The Morgan fingerprint density at radius 2 is 1.95 bits per heavy atom. The van der Waals surface area contributed by atoms with Crippen LogP contribution >= 0.6 is 0 Å². The minimum Gasteiger partial charge on any atom is -0.458 e. The Bertz CT molecular complexity index is 1650. The number of pyridine rings is 2. The molecule has 39 heavy (non-hydrogen) atoms. The third kappa shape index (κ3) is 3.83. The first-order valence-electron chi connectivity index (χ1n) is 13.2. The molecule has 0 saturated heterocycles. The summed E-state index contributed by atoms with van der Waals surface area (Å²) in [6.45, 7) is 7.01. The summed E-state index contributed by atoms with van der Waals surface area (Å²) in [5, 5.41) is 14.8. The topological polar surface area (TPSA) is 120 Å². The number of nitrogens with one attached hydrogen (secondary N) is 1. The van der Waals surface area contributed by atoms with Crippen LogP contribution in [0.4, 0.5) is 9.18 Å². The molecule has 1 aliphatic carbocycles. The first-order chi connectivity index (χ1) is 18.4. The molecule has 0 radical (unpaired) electrons. The second kappa shape index (κ2) is 8.61. The fraction of sp³-hybridized carbons (Fsp3) is 0.448. The largest absolute Gasteiger partial charge is 0.458 e. The molecule has 0 bridgehead atoms. The molecule has 2 N–H and O–H groups in total. The normalized spacial score (nSPS) is 19.3. The predicted octanol–water partition coefficient (Wildman–Crippen LogP) is 3.73. The van der Waals surface area contributed by atoms with Crippen LogP contribution < -0.4 is 10.9 Å². The van der Waals surface area contributed by atoms with Crippen molar-refractivity contribution >= 4 is 23.0 Å². The van der Waals surface area contributed by atoms with Gasteiger partial charge in [0.05, 0.1) is 29.0 Å². The minimum atomic E-state index is -1.95. The van der Waals surface area contributed by atoms with E-state index in [9.17, 15) is 19.5 Å². The lowest BCUT2D eigenvalue weighted by atomic mass is 9.86. The van der Waals surface area contributed by atoms with Gasteiger partial charge in [0.25, 0.3) is 5.56 Å². The molecular weight excluding hydrogens is 505 g/mol. The van der Waals surface area contributed by atoms with Crippen molar-refractivity contribution in [3.05, 3.63) is 61.7 Å². The van der Waals surface area contributed by atoms with Gasteiger partial charge in [-0.05, 0) is 69.2 Å². The summed E-state index contributed by atoms with van der Waals surface area (Å²) in [5.41, 5.74) is 1.74. The van der Waals surface area contributed by atoms with Crippen molar-refractivity contribution in [2.24, 2.45) is 0 Å². The molecule has 2 aromatic heterocycles. The summed E-state index contributed by atoms with van der Waals surface area (Å²) >= 11 is 0. The van der Waals surface area contributed by atoms with E-state index in [4.69, 9.17) is 14.5 Å². The zero-order chi connectivity index (χ0) is 27.9. The first kappa shape index (κ1) is 25.5. The van der Waals surface area contributed by atoms with Crippen LogP contribution in [0.25, 0.3) is 22.3 Å². The molecule has 0 saturated carbocycles. The van der Waals surface area contributed by atoms with Crippen molar-refractivity contribution in [2.75, 3.05) is 0 Å². The summed E-state index contributed by atoms with van der Waals surface area (Å²) in [6, 6.07) is 3.04. The van der Waals surface area contributed by atoms with E-state index >= 15 is 4.39 Å². The van der Waals surface area contributed by atoms with Gasteiger partial charge in [0.15, 0.2) is 5.60 Å². The minimum absolute atomic E-state index is 0.0299. The Morgan fingerprint density at radius 1 is 1.21 bits per heavy atom. The molecule has 10 heteroatoms. The van der Waals surface area contributed by atoms with Crippen LogP contribution in [0.3, 0.4) is 0 Å². The highest BCUT2D eigenvalue weighted by molar-refractivity contribution is 5.92. The Labute approximate surface area is 223 Å². The van der Waals surface area contributed by atoms with E-state index in [1.54, 1.807) is 33.8 Å². The number of aliphatic hydroxyl groups is 1. The lowest BCUT2D eigenvalue weighted by Gasteiger charge is -2.31. The predicted molar refractivity (Wildman–Crippen MR) is 140 cm³/mol. The van der Waals surface area contributed by atoms with Gasteiger partial charge in [-0.1, -0.05) is 6.92 Å². The van der Waals surface area contributed by atoms with E-state index in [2.05, 4.69) is 5.32 Å².